The van der Waals surface area contributed by atoms with Crippen LogP contribution in [0.25, 0.3) is 0 Å². The molecule has 1 amide bonds. The summed E-state index contributed by atoms with van der Waals surface area (Å²) in [5, 5.41) is 4.88. The zero-order chi connectivity index (χ0) is 11.6. The van der Waals surface area contributed by atoms with Crippen molar-refractivity contribution >= 4 is 21.8 Å². The van der Waals surface area contributed by atoms with Crippen LogP contribution < -0.4 is 21.3 Å². The molecular weight excluding hydrogens is 222 g/mol. The van der Waals surface area contributed by atoms with E-state index in [2.05, 4.69) is 4.74 Å². The normalized spacial score (nSPS) is 11.0. The van der Waals surface area contributed by atoms with Crippen LogP contribution in [0.2, 0.25) is 0 Å². The van der Waals surface area contributed by atoms with E-state index in [1.807, 2.05) is 0 Å². The lowest BCUT2D eigenvalue weighted by Crippen LogP contribution is -2.18. The molecule has 15 heavy (non-hydrogen) atoms. The summed E-state index contributed by atoms with van der Waals surface area (Å²) in [6, 6.07) is 3.57. The number of benzene rings is 1. The molecule has 0 fully saturated rings. The maximum absolute atomic E-state index is 11.0. The van der Waals surface area contributed by atoms with Crippen LogP contribution in [0.1, 0.15) is 0 Å². The molecular formula is C7H9N3O4S. The Bertz CT molecular complexity index is 497. The summed E-state index contributed by atoms with van der Waals surface area (Å²) >= 11 is 0. The minimum absolute atomic E-state index is 0.0330. The van der Waals surface area contributed by atoms with Crippen molar-refractivity contribution in [2.24, 2.45) is 10.9 Å². The summed E-state index contributed by atoms with van der Waals surface area (Å²) in [6.07, 6.45) is -1.06. The topological polar surface area (TPSA) is 138 Å². The fourth-order valence-electron chi connectivity index (χ4n) is 0.941. The Balaban J connectivity index is 3.23. The summed E-state index contributed by atoms with van der Waals surface area (Å²) in [5.74, 6) is -0.0410. The summed E-state index contributed by atoms with van der Waals surface area (Å²) in [4.78, 5) is 10.1. The van der Waals surface area contributed by atoms with Gasteiger partial charge in [-0.15, -0.1) is 0 Å². The molecule has 6 N–H and O–H groups in total. The smallest absolute Gasteiger partial charge is 0.409 e. The second-order valence-corrected chi connectivity index (χ2v) is 4.20. The van der Waals surface area contributed by atoms with Gasteiger partial charge < -0.3 is 16.2 Å². The van der Waals surface area contributed by atoms with E-state index in [4.69, 9.17) is 16.6 Å². The van der Waals surface area contributed by atoms with Crippen LogP contribution in [0.4, 0.5) is 10.5 Å². The number of carbonyl (C=O) groups excluding carboxylic acids is 1. The first-order valence-corrected chi connectivity index (χ1v) is 5.25. The molecule has 82 valence electrons. The van der Waals surface area contributed by atoms with Gasteiger partial charge in [0.1, 0.15) is 10.6 Å². The van der Waals surface area contributed by atoms with E-state index in [-0.39, 0.29) is 16.3 Å². The molecule has 7 nitrogen and oxygen atoms in total. The van der Waals surface area contributed by atoms with Crippen LogP contribution in [0.5, 0.6) is 5.75 Å². The average molecular weight is 231 g/mol. The molecule has 0 atom stereocenters. The summed E-state index contributed by atoms with van der Waals surface area (Å²) in [5.41, 5.74) is 10.1. The Morgan fingerprint density at radius 3 is 2.40 bits per heavy atom. The number of anilines is 1. The van der Waals surface area contributed by atoms with Crippen molar-refractivity contribution in [3.8, 4) is 5.75 Å². The Morgan fingerprint density at radius 2 is 1.93 bits per heavy atom. The Hall–Kier alpha value is -1.80. The third-order valence-electron chi connectivity index (χ3n) is 1.51. The van der Waals surface area contributed by atoms with Gasteiger partial charge in [0.2, 0.25) is 10.0 Å². The molecule has 1 rings (SSSR count). The van der Waals surface area contributed by atoms with Crippen LogP contribution in [0.15, 0.2) is 23.1 Å². The van der Waals surface area contributed by atoms with Crippen LogP contribution in [-0.4, -0.2) is 14.5 Å². The predicted octanol–water partition coefficient (Wildman–Crippen LogP) is -0.626. The number of nitrogen functional groups attached to an aromatic ring is 1. The fourth-order valence-corrected chi connectivity index (χ4v) is 1.62. The monoisotopic (exact) mass is 231 g/mol. The molecule has 1 aromatic rings. The van der Waals surface area contributed by atoms with Crippen LogP contribution in [0.3, 0.4) is 0 Å². The van der Waals surface area contributed by atoms with Crippen molar-refractivity contribution in [3.63, 3.8) is 0 Å². The molecule has 0 radical (unpaired) electrons. The molecule has 0 aliphatic rings. The molecule has 0 aliphatic carbocycles. The van der Waals surface area contributed by atoms with Crippen molar-refractivity contribution < 1.29 is 17.9 Å². The second-order valence-electron chi connectivity index (χ2n) is 2.67. The van der Waals surface area contributed by atoms with Gasteiger partial charge in [0.05, 0.1) is 5.69 Å². The molecule has 8 heteroatoms. The maximum atomic E-state index is 11.0. The molecule has 0 unspecified atom stereocenters. The number of rotatable bonds is 2. The van der Waals surface area contributed by atoms with Crippen LogP contribution in [-0.2, 0) is 10.0 Å². The minimum Gasteiger partial charge on any atom is -0.410 e. The zero-order valence-electron chi connectivity index (χ0n) is 7.51. The molecule has 0 saturated carbocycles. The van der Waals surface area contributed by atoms with E-state index in [1.54, 1.807) is 0 Å². The number of primary amides is 1. The first-order valence-electron chi connectivity index (χ1n) is 3.70. The molecule has 0 bridgehead atoms. The first-order chi connectivity index (χ1) is 6.80. The lowest BCUT2D eigenvalue weighted by atomic mass is 10.3. The Labute approximate surface area is 85.9 Å². The van der Waals surface area contributed by atoms with E-state index < -0.39 is 16.1 Å². The number of nitrogens with two attached hydrogens (primary N) is 3. The highest BCUT2D eigenvalue weighted by Gasteiger charge is 2.13. The number of ether oxygens (including phenoxy) is 1. The van der Waals surface area contributed by atoms with Gasteiger partial charge in [0.25, 0.3) is 0 Å². The number of hydrogen-bond acceptors (Lipinski definition) is 5. The summed E-state index contributed by atoms with van der Waals surface area (Å²) in [7, 11) is -3.95. The van der Waals surface area contributed by atoms with Crippen molar-refractivity contribution in [1.82, 2.24) is 0 Å². The summed E-state index contributed by atoms with van der Waals surface area (Å²) in [6.45, 7) is 0. The minimum atomic E-state index is -3.95. The number of hydrogen-bond donors (Lipinski definition) is 3. The molecule has 1 aromatic carbocycles. The Morgan fingerprint density at radius 1 is 1.33 bits per heavy atom. The highest BCUT2D eigenvalue weighted by atomic mass is 32.2. The number of primary sulfonamides is 1. The molecule has 0 spiro atoms. The van der Waals surface area contributed by atoms with E-state index in [0.717, 1.165) is 6.07 Å². The van der Waals surface area contributed by atoms with Crippen molar-refractivity contribution in [2.45, 2.75) is 4.90 Å². The van der Waals surface area contributed by atoms with E-state index >= 15 is 0 Å². The Kier molecular flexibility index (Phi) is 2.82. The van der Waals surface area contributed by atoms with Crippen molar-refractivity contribution in [1.29, 1.82) is 0 Å². The van der Waals surface area contributed by atoms with E-state index in [0.29, 0.717) is 0 Å². The highest BCUT2D eigenvalue weighted by molar-refractivity contribution is 7.89. The summed E-state index contributed by atoms with van der Waals surface area (Å²) < 4.78 is 26.5. The third-order valence-corrected chi connectivity index (χ3v) is 2.48. The largest absolute Gasteiger partial charge is 0.410 e. The van der Waals surface area contributed by atoms with Gasteiger partial charge in [-0.2, -0.15) is 0 Å². The highest BCUT2D eigenvalue weighted by Crippen LogP contribution is 2.22. The van der Waals surface area contributed by atoms with E-state index in [1.165, 1.54) is 12.1 Å². The third kappa shape index (κ3) is 2.82. The van der Waals surface area contributed by atoms with Crippen molar-refractivity contribution in [3.05, 3.63) is 18.2 Å². The zero-order valence-corrected chi connectivity index (χ0v) is 8.32. The fraction of sp³-hybridized carbons (Fsp3) is 0. The molecule has 0 saturated heterocycles. The molecule has 0 heterocycles. The SMILES string of the molecule is NC(=O)Oc1ccc(N)c(S(N)(=O)=O)c1. The van der Waals surface area contributed by atoms with Crippen LogP contribution in [0, 0.1) is 0 Å². The predicted molar refractivity (Wildman–Crippen MR) is 52.4 cm³/mol. The first kappa shape index (κ1) is 11.3. The van der Waals surface area contributed by atoms with Crippen LogP contribution >= 0.6 is 0 Å². The van der Waals surface area contributed by atoms with Gasteiger partial charge in [-0.25, -0.2) is 18.4 Å². The van der Waals surface area contributed by atoms with E-state index in [9.17, 15) is 13.2 Å². The van der Waals surface area contributed by atoms with Gasteiger partial charge in [0, 0.05) is 6.07 Å². The van der Waals surface area contributed by atoms with Gasteiger partial charge in [-0.05, 0) is 12.1 Å². The van der Waals surface area contributed by atoms with Gasteiger partial charge >= 0.3 is 6.09 Å². The van der Waals surface area contributed by atoms with Gasteiger partial charge in [-0.1, -0.05) is 0 Å². The average Bonchev–Trinajstić information content (AvgIpc) is 2.05. The van der Waals surface area contributed by atoms with Crippen molar-refractivity contribution in [2.75, 3.05) is 5.73 Å². The number of sulfonamides is 1. The quantitative estimate of drug-likeness (QED) is 0.582. The molecule has 0 aliphatic heterocycles. The second kappa shape index (κ2) is 3.75. The van der Waals surface area contributed by atoms with Gasteiger partial charge in [0.15, 0.2) is 0 Å². The lowest BCUT2D eigenvalue weighted by molar-refractivity contribution is 0.211. The standard InChI is InChI=1S/C7H9N3O4S/c8-5-2-1-4(14-7(9)11)3-6(5)15(10,12)13/h1-3H,8H2,(H2,9,11)(H2,10,12,13). The maximum Gasteiger partial charge on any atom is 0.409 e. The number of amides is 1. The molecule has 0 aromatic heterocycles. The number of carbonyl (C=O) groups is 1. The lowest BCUT2D eigenvalue weighted by Gasteiger charge is -2.05. The van der Waals surface area contributed by atoms with Gasteiger partial charge in [-0.3, -0.25) is 0 Å².